The number of aromatic carboxylic acids is 3. The molecule has 0 spiro atoms. The van der Waals surface area contributed by atoms with Crippen molar-refractivity contribution in [3.05, 3.63) is 154 Å². The highest BCUT2D eigenvalue weighted by molar-refractivity contribution is 6.31. The number of carboxylic acid groups (broad SMARTS) is 3. The van der Waals surface area contributed by atoms with Crippen molar-refractivity contribution < 1.29 is 34.8 Å². The number of hydrogen-bond donors (Lipinski definition) is 10. The highest BCUT2D eigenvalue weighted by Crippen LogP contribution is 2.24. The molecule has 3 heterocycles. The predicted molar refractivity (Wildman–Crippen MR) is 222 cm³/mol. The van der Waals surface area contributed by atoms with Crippen LogP contribution in [0.1, 0.15) is 54.6 Å². The molecule has 4 aromatic carbocycles. The van der Waals surface area contributed by atoms with Gasteiger partial charge in [0.1, 0.15) is 17.1 Å². The van der Waals surface area contributed by atoms with Crippen LogP contribution in [0.15, 0.2) is 99.3 Å². The van der Waals surface area contributed by atoms with Crippen LogP contribution < -0.4 is 33.5 Å². The Bertz CT molecular complexity index is 2890. The van der Waals surface area contributed by atoms with Gasteiger partial charge in [-0.05, 0) is 78.8 Å². The number of anilines is 3. The first kappa shape index (κ1) is 41.7. The summed E-state index contributed by atoms with van der Waals surface area (Å²) in [4.78, 5) is 76.2. The van der Waals surface area contributed by atoms with Gasteiger partial charge in [0.25, 0.3) is 0 Å². The number of carboxylic acids is 3. The minimum Gasteiger partial charge on any atom is -0.477 e. The molecule has 0 aliphatic heterocycles. The van der Waals surface area contributed by atoms with E-state index in [0.29, 0.717) is 51.0 Å². The van der Waals surface area contributed by atoms with E-state index in [-0.39, 0.29) is 51.1 Å². The second kappa shape index (κ2) is 18.0. The molecule has 0 fully saturated rings. The number of aliphatic hydroxyl groups is 1. The average Bonchev–Trinajstić information content (AvgIpc) is 3.18. The molecule has 58 heavy (non-hydrogen) atoms. The van der Waals surface area contributed by atoms with Crippen LogP contribution in [0.2, 0.25) is 5.02 Å². The minimum atomic E-state index is -1.21. The third-order valence-corrected chi connectivity index (χ3v) is 9.07. The van der Waals surface area contributed by atoms with Crippen LogP contribution >= 0.6 is 11.6 Å². The zero-order valence-electron chi connectivity index (χ0n) is 30.5. The number of fused-ring (bicyclic) bond motifs is 3. The summed E-state index contributed by atoms with van der Waals surface area (Å²) in [6.45, 7) is 0.0618. The Hall–Kier alpha value is -7.43. The minimum absolute atomic E-state index is 0.0618. The van der Waals surface area contributed by atoms with Crippen LogP contribution in [-0.2, 0) is 19.3 Å². The van der Waals surface area contributed by atoms with Gasteiger partial charge in [0.2, 0.25) is 0 Å². The van der Waals surface area contributed by atoms with Gasteiger partial charge in [-0.15, -0.1) is 0 Å². The SMILES string of the molecule is Nc1cc(CCCO)cc2c(=O)cc(C(=O)O)[nH]c12.Nc1cc(CCc2ccccc2)cc2c(=O)cc(C(=O)O)[nH]c12.Nc1cc(Cl)cc2c(=O)cc(C(=O)O)[nH]c12. The molecule has 0 unspecified atom stereocenters. The van der Waals surface area contributed by atoms with Gasteiger partial charge < -0.3 is 52.6 Å². The van der Waals surface area contributed by atoms with Crippen molar-refractivity contribution in [1.29, 1.82) is 0 Å². The second-order valence-corrected chi connectivity index (χ2v) is 13.4. The van der Waals surface area contributed by atoms with Crippen LogP contribution in [0.4, 0.5) is 17.1 Å². The second-order valence-electron chi connectivity index (χ2n) is 13.0. The van der Waals surface area contributed by atoms with Crippen LogP contribution in [-0.4, -0.2) is 59.9 Å². The Morgan fingerprint density at radius 3 is 1.31 bits per heavy atom. The molecular formula is C41H37ClN6O10. The number of nitrogens with one attached hydrogen (secondary N) is 3. The molecule has 0 aliphatic carbocycles. The Kier molecular flexibility index (Phi) is 13.0. The molecule has 0 saturated heterocycles. The number of aryl methyl sites for hydroxylation is 3. The fraction of sp³-hybridized carbons (Fsp3) is 0.122. The number of aromatic amines is 3. The van der Waals surface area contributed by atoms with Gasteiger partial charge in [0.15, 0.2) is 16.3 Å². The van der Waals surface area contributed by atoms with Crippen molar-refractivity contribution in [2.45, 2.75) is 25.7 Å². The van der Waals surface area contributed by atoms with E-state index in [1.165, 1.54) is 17.7 Å². The number of rotatable bonds is 9. The Labute approximate surface area is 332 Å². The van der Waals surface area contributed by atoms with E-state index in [1.807, 2.05) is 18.2 Å². The number of aromatic nitrogens is 3. The van der Waals surface area contributed by atoms with Crippen LogP contribution in [0.25, 0.3) is 32.7 Å². The number of nitrogen functional groups attached to an aromatic ring is 3. The van der Waals surface area contributed by atoms with Crippen molar-refractivity contribution in [1.82, 2.24) is 15.0 Å². The predicted octanol–water partition coefficient (Wildman–Crippen LogP) is 4.79. The van der Waals surface area contributed by atoms with Crippen LogP contribution in [0, 0.1) is 0 Å². The fourth-order valence-electron chi connectivity index (χ4n) is 6.07. The lowest BCUT2D eigenvalue weighted by atomic mass is 10.0. The summed E-state index contributed by atoms with van der Waals surface area (Å²) in [7, 11) is 0. The first-order valence-electron chi connectivity index (χ1n) is 17.4. The van der Waals surface area contributed by atoms with Crippen molar-refractivity contribution in [2.24, 2.45) is 0 Å². The third kappa shape index (κ3) is 9.86. The van der Waals surface area contributed by atoms with Crippen LogP contribution in [0.3, 0.4) is 0 Å². The zero-order chi connectivity index (χ0) is 42.3. The summed E-state index contributed by atoms with van der Waals surface area (Å²) in [6.07, 6.45) is 2.79. The number of halogens is 1. The monoisotopic (exact) mass is 808 g/mol. The van der Waals surface area contributed by atoms with Crippen molar-refractivity contribution in [2.75, 3.05) is 23.8 Å². The normalized spacial score (nSPS) is 10.7. The standard InChI is InChI=1S/C18H16N2O3.C13H14N2O4.C10H7ClN2O3/c19-14-9-12(7-6-11-4-2-1-3-5-11)8-13-16(21)10-15(18(22)23)20-17(13)14;14-9-5-7(2-1-3-16)4-8-11(17)6-10(13(18)19)15-12(8)9;11-4-1-5-8(14)3-7(10(15)16)13-9(5)6(12)2-4/h1-5,8-10H,6-7,19H2,(H,20,21)(H,22,23);4-6,16H,1-3,14H2,(H,15,17)(H,18,19);1-3H,12H2,(H,13,14)(H,15,16). The van der Waals surface area contributed by atoms with Gasteiger partial charge in [-0.2, -0.15) is 0 Å². The van der Waals surface area contributed by atoms with Gasteiger partial charge in [-0.1, -0.05) is 41.9 Å². The van der Waals surface area contributed by atoms with E-state index >= 15 is 0 Å². The molecule has 0 amide bonds. The highest BCUT2D eigenvalue weighted by Gasteiger charge is 2.13. The van der Waals surface area contributed by atoms with E-state index in [1.54, 1.807) is 24.3 Å². The molecule has 298 valence electrons. The lowest BCUT2D eigenvalue weighted by Gasteiger charge is -2.08. The molecule has 17 heteroatoms. The molecule has 16 nitrogen and oxygen atoms in total. The van der Waals surface area contributed by atoms with Crippen molar-refractivity contribution >= 4 is 79.3 Å². The number of carbonyl (C=O) groups is 3. The smallest absolute Gasteiger partial charge is 0.352 e. The fourth-order valence-corrected chi connectivity index (χ4v) is 6.30. The molecule has 0 radical (unpaired) electrons. The van der Waals surface area contributed by atoms with Gasteiger partial charge in [0.05, 0.1) is 33.6 Å². The molecule has 7 aromatic rings. The Balaban J connectivity index is 0.000000169. The topological polar surface area (TPSA) is 309 Å². The summed E-state index contributed by atoms with van der Waals surface area (Å²) in [5.74, 6) is -3.60. The van der Waals surface area contributed by atoms with Gasteiger partial charge in [0, 0.05) is 46.0 Å². The molecule has 0 saturated carbocycles. The number of pyridine rings is 3. The van der Waals surface area contributed by atoms with Gasteiger partial charge in [-0.25, -0.2) is 14.4 Å². The number of nitrogens with two attached hydrogens (primary N) is 3. The molecule has 13 N–H and O–H groups in total. The zero-order valence-corrected chi connectivity index (χ0v) is 31.2. The number of H-pyrrole nitrogens is 3. The highest BCUT2D eigenvalue weighted by atomic mass is 35.5. The van der Waals surface area contributed by atoms with E-state index in [2.05, 4.69) is 27.1 Å². The maximum Gasteiger partial charge on any atom is 0.352 e. The van der Waals surface area contributed by atoms with Gasteiger partial charge in [-0.3, -0.25) is 14.4 Å². The maximum atomic E-state index is 12.1. The van der Waals surface area contributed by atoms with Gasteiger partial charge >= 0.3 is 17.9 Å². The van der Waals surface area contributed by atoms with Crippen molar-refractivity contribution in [3.63, 3.8) is 0 Å². The number of aliphatic hydroxyl groups excluding tert-OH is 1. The third-order valence-electron chi connectivity index (χ3n) is 8.85. The summed E-state index contributed by atoms with van der Waals surface area (Å²) < 4.78 is 0. The van der Waals surface area contributed by atoms with Crippen molar-refractivity contribution in [3.8, 4) is 0 Å². The average molecular weight is 809 g/mol. The molecule has 7 rings (SSSR count). The molecule has 0 atom stereocenters. The number of hydrogen-bond acceptors (Lipinski definition) is 10. The first-order valence-corrected chi connectivity index (χ1v) is 17.8. The molecule has 3 aromatic heterocycles. The van der Waals surface area contributed by atoms with E-state index in [9.17, 15) is 28.8 Å². The Morgan fingerprint density at radius 2 is 0.897 bits per heavy atom. The first-order chi connectivity index (χ1) is 27.6. The quantitative estimate of drug-likeness (QED) is 0.0879. The summed E-state index contributed by atoms with van der Waals surface area (Å²) in [5.41, 5.74) is 20.7. The largest absolute Gasteiger partial charge is 0.477 e. The maximum absolute atomic E-state index is 12.1. The lowest BCUT2D eigenvalue weighted by molar-refractivity contribution is 0.0680. The molecule has 0 bridgehead atoms. The molecular weight excluding hydrogens is 772 g/mol. The van der Waals surface area contributed by atoms with E-state index in [0.717, 1.165) is 42.2 Å². The van der Waals surface area contributed by atoms with E-state index in [4.69, 9.17) is 49.2 Å². The lowest BCUT2D eigenvalue weighted by Crippen LogP contribution is -2.11. The summed E-state index contributed by atoms with van der Waals surface area (Å²) in [6, 6.07) is 23.0. The van der Waals surface area contributed by atoms with E-state index < -0.39 is 23.3 Å². The number of benzene rings is 4. The van der Waals surface area contributed by atoms with Crippen LogP contribution in [0.5, 0.6) is 0 Å². The Morgan fingerprint density at radius 1 is 0.517 bits per heavy atom. The summed E-state index contributed by atoms with van der Waals surface area (Å²) >= 11 is 5.75. The summed E-state index contributed by atoms with van der Waals surface area (Å²) in [5, 5.41) is 36.9. The molecule has 0 aliphatic rings.